The quantitative estimate of drug-likeness (QED) is 0.395. The molecule has 0 aliphatic heterocycles. The van der Waals surface area contributed by atoms with Gasteiger partial charge in [0.1, 0.15) is 0 Å². The van der Waals surface area contributed by atoms with E-state index in [1.165, 1.54) is 16.7 Å². The summed E-state index contributed by atoms with van der Waals surface area (Å²) in [6, 6.07) is 17.8. The Morgan fingerprint density at radius 1 is 1.00 bits per heavy atom. The third-order valence-electron chi connectivity index (χ3n) is 4.65. The molecule has 4 rings (SSSR count). The highest BCUT2D eigenvalue weighted by Gasteiger charge is 2.31. The summed E-state index contributed by atoms with van der Waals surface area (Å²) in [5.41, 5.74) is 0.993. The molecule has 0 atom stereocenters. The third kappa shape index (κ3) is 5.58. The number of carbonyl (C=O) groups excluding carboxylic acids is 1. The van der Waals surface area contributed by atoms with Crippen molar-refractivity contribution in [1.82, 2.24) is 25.1 Å². The van der Waals surface area contributed by atoms with Crippen molar-refractivity contribution < 1.29 is 18.0 Å². The van der Waals surface area contributed by atoms with Crippen molar-refractivity contribution >= 4 is 17.7 Å². The standard InChI is InChI=1S/C23H18F3N5OS/c24-23(25,26)18-9-4-10-19(12-18)31-21(17-8-5-11-27-14-17)29-30-22(31)33-15-20(32)28-13-16-6-2-1-3-7-16/h1-12,14H,13,15H2,(H,28,32). The van der Waals surface area contributed by atoms with Gasteiger partial charge in [-0.15, -0.1) is 10.2 Å². The number of alkyl halides is 3. The molecule has 4 aromatic rings. The zero-order valence-corrected chi connectivity index (χ0v) is 18.0. The fourth-order valence-corrected chi connectivity index (χ4v) is 3.86. The summed E-state index contributed by atoms with van der Waals surface area (Å²) in [5, 5.41) is 11.4. The largest absolute Gasteiger partial charge is 0.416 e. The van der Waals surface area contributed by atoms with Gasteiger partial charge in [-0.3, -0.25) is 14.3 Å². The maximum Gasteiger partial charge on any atom is 0.416 e. The number of carbonyl (C=O) groups is 1. The van der Waals surface area contributed by atoms with Gasteiger partial charge in [0, 0.05) is 24.5 Å². The maximum absolute atomic E-state index is 13.3. The molecule has 0 radical (unpaired) electrons. The van der Waals surface area contributed by atoms with Crippen molar-refractivity contribution in [2.75, 3.05) is 5.75 Å². The molecule has 10 heteroatoms. The lowest BCUT2D eigenvalue weighted by Crippen LogP contribution is -2.24. The van der Waals surface area contributed by atoms with E-state index in [4.69, 9.17) is 0 Å². The Balaban J connectivity index is 1.59. The van der Waals surface area contributed by atoms with Crippen LogP contribution in [0.4, 0.5) is 13.2 Å². The van der Waals surface area contributed by atoms with E-state index in [1.54, 1.807) is 24.5 Å². The molecule has 0 fully saturated rings. The first-order valence-corrected chi connectivity index (χ1v) is 10.9. The number of hydrogen-bond donors (Lipinski definition) is 1. The van der Waals surface area contributed by atoms with Crippen LogP contribution in [0.3, 0.4) is 0 Å². The molecule has 0 saturated heterocycles. The molecular formula is C23H18F3N5OS. The number of aromatic nitrogens is 4. The number of amides is 1. The molecule has 2 heterocycles. The number of halogens is 3. The Kier molecular flexibility index (Phi) is 6.74. The lowest BCUT2D eigenvalue weighted by Gasteiger charge is -2.13. The summed E-state index contributed by atoms with van der Waals surface area (Å²) in [6.07, 6.45) is -1.36. The van der Waals surface area contributed by atoms with E-state index in [0.717, 1.165) is 29.5 Å². The van der Waals surface area contributed by atoms with Gasteiger partial charge in [-0.1, -0.05) is 48.2 Å². The molecule has 1 N–H and O–H groups in total. The Bertz CT molecular complexity index is 1230. The van der Waals surface area contributed by atoms with Gasteiger partial charge in [-0.05, 0) is 35.9 Å². The number of hydrogen-bond acceptors (Lipinski definition) is 5. The molecule has 168 valence electrons. The molecule has 6 nitrogen and oxygen atoms in total. The minimum Gasteiger partial charge on any atom is -0.351 e. The number of benzene rings is 2. The van der Waals surface area contributed by atoms with E-state index in [-0.39, 0.29) is 17.3 Å². The van der Waals surface area contributed by atoms with Crippen molar-refractivity contribution in [3.8, 4) is 17.1 Å². The smallest absolute Gasteiger partial charge is 0.351 e. The van der Waals surface area contributed by atoms with E-state index in [9.17, 15) is 18.0 Å². The highest BCUT2D eigenvalue weighted by molar-refractivity contribution is 7.99. The van der Waals surface area contributed by atoms with Crippen molar-refractivity contribution in [3.05, 3.63) is 90.3 Å². The van der Waals surface area contributed by atoms with Gasteiger partial charge < -0.3 is 5.32 Å². The summed E-state index contributed by atoms with van der Waals surface area (Å²) < 4.78 is 41.4. The lowest BCUT2D eigenvalue weighted by molar-refractivity contribution is -0.137. The second kappa shape index (κ2) is 9.86. The Morgan fingerprint density at radius 2 is 1.82 bits per heavy atom. The molecule has 2 aromatic carbocycles. The van der Waals surface area contributed by atoms with Crippen molar-refractivity contribution in [2.24, 2.45) is 0 Å². The van der Waals surface area contributed by atoms with Crippen LogP contribution in [0, 0.1) is 0 Å². The predicted molar refractivity (Wildman–Crippen MR) is 119 cm³/mol. The molecular weight excluding hydrogens is 451 g/mol. The molecule has 0 unspecified atom stereocenters. The van der Waals surface area contributed by atoms with E-state index in [1.807, 2.05) is 30.3 Å². The number of rotatable bonds is 7. The fraction of sp³-hybridized carbons (Fsp3) is 0.130. The first-order chi connectivity index (χ1) is 15.9. The molecule has 1 amide bonds. The highest BCUT2D eigenvalue weighted by Crippen LogP contribution is 2.33. The van der Waals surface area contributed by atoms with Gasteiger partial charge in [-0.25, -0.2) is 0 Å². The van der Waals surface area contributed by atoms with E-state index < -0.39 is 11.7 Å². The molecule has 2 aromatic heterocycles. The minimum atomic E-state index is -4.50. The Hall–Kier alpha value is -3.66. The van der Waals surface area contributed by atoms with Crippen LogP contribution in [0.5, 0.6) is 0 Å². The average Bonchev–Trinajstić information content (AvgIpc) is 3.26. The Morgan fingerprint density at radius 3 is 2.55 bits per heavy atom. The zero-order chi connectivity index (χ0) is 23.3. The number of nitrogens with zero attached hydrogens (tertiary/aromatic N) is 4. The Labute approximate surface area is 191 Å². The van der Waals surface area contributed by atoms with E-state index in [0.29, 0.717) is 23.1 Å². The second-order valence-corrected chi connectivity index (χ2v) is 7.92. The monoisotopic (exact) mass is 469 g/mol. The third-order valence-corrected chi connectivity index (χ3v) is 5.58. The van der Waals surface area contributed by atoms with Gasteiger partial charge in [0.15, 0.2) is 11.0 Å². The summed E-state index contributed by atoms with van der Waals surface area (Å²) >= 11 is 1.09. The number of nitrogens with one attached hydrogen (secondary N) is 1. The van der Waals surface area contributed by atoms with Gasteiger partial charge >= 0.3 is 6.18 Å². The van der Waals surface area contributed by atoms with E-state index >= 15 is 0 Å². The predicted octanol–water partition coefficient (Wildman–Crippen LogP) is 4.76. The summed E-state index contributed by atoms with van der Waals surface area (Å²) in [5.74, 6) is 0.122. The topological polar surface area (TPSA) is 72.7 Å². The minimum absolute atomic E-state index is 0.0248. The number of thioether (sulfide) groups is 1. The van der Waals surface area contributed by atoms with Crippen molar-refractivity contribution in [1.29, 1.82) is 0 Å². The van der Waals surface area contributed by atoms with Crippen LogP contribution >= 0.6 is 11.8 Å². The molecule has 0 saturated carbocycles. The maximum atomic E-state index is 13.3. The van der Waals surface area contributed by atoms with Crippen molar-refractivity contribution in [2.45, 2.75) is 17.9 Å². The summed E-state index contributed by atoms with van der Waals surface area (Å²) in [7, 11) is 0. The summed E-state index contributed by atoms with van der Waals surface area (Å²) in [6.45, 7) is 0.376. The zero-order valence-electron chi connectivity index (χ0n) is 17.2. The molecule has 33 heavy (non-hydrogen) atoms. The second-order valence-electron chi connectivity index (χ2n) is 6.98. The van der Waals surface area contributed by atoms with Crippen LogP contribution in [-0.2, 0) is 17.5 Å². The molecule has 0 aliphatic carbocycles. The molecule has 0 spiro atoms. The van der Waals surface area contributed by atoms with Crippen molar-refractivity contribution in [3.63, 3.8) is 0 Å². The van der Waals surface area contributed by atoms with Crippen LogP contribution in [0.1, 0.15) is 11.1 Å². The lowest BCUT2D eigenvalue weighted by atomic mass is 10.2. The van der Waals surface area contributed by atoms with Gasteiger partial charge in [0.25, 0.3) is 0 Å². The first kappa shape index (κ1) is 22.5. The molecule has 0 bridgehead atoms. The van der Waals surface area contributed by atoms with Gasteiger partial charge in [-0.2, -0.15) is 13.2 Å². The number of pyridine rings is 1. The molecule has 0 aliphatic rings. The van der Waals surface area contributed by atoms with Gasteiger partial charge in [0.05, 0.1) is 17.0 Å². The van der Waals surface area contributed by atoms with Crippen LogP contribution < -0.4 is 5.32 Å². The van der Waals surface area contributed by atoms with Crippen LogP contribution in [0.15, 0.2) is 84.3 Å². The SMILES string of the molecule is O=C(CSc1nnc(-c2cccnc2)n1-c1cccc(C(F)(F)F)c1)NCc1ccccc1. The van der Waals surface area contributed by atoms with Gasteiger partial charge in [0.2, 0.25) is 5.91 Å². The van der Waals surface area contributed by atoms with Crippen LogP contribution in [0.25, 0.3) is 17.1 Å². The van der Waals surface area contributed by atoms with Crippen LogP contribution in [0.2, 0.25) is 0 Å². The average molecular weight is 469 g/mol. The van der Waals surface area contributed by atoms with Crippen LogP contribution in [-0.4, -0.2) is 31.4 Å². The summed E-state index contributed by atoms with van der Waals surface area (Å²) in [4.78, 5) is 16.4. The highest BCUT2D eigenvalue weighted by atomic mass is 32.2. The first-order valence-electron chi connectivity index (χ1n) is 9.89. The van der Waals surface area contributed by atoms with E-state index in [2.05, 4.69) is 20.5 Å². The normalized spacial score (nSPS) is 11.4. The fourth-order valence-electron chi connectivity index (χ4n) is 3.08.